The van der Waals surface area contributed by atoms with Crippen molar-refractivity contribution >= 4 is 11.5 Å². The summed E-state index contributed by atoms with van der Waals surface area (Å²) in [5, 5.41) is 3.66. The van der Waals surface area contributed by atoms with Gasteiger partial charge in [-0.2, -0.15) is 0 Å². The van der Waals surface area contributed by atoms with E-state index in [1.807, 2.05) is 7.05 Å². The molecular formula is C33H55N5. The number of likely N-dealkylation sites (N-methyl/N-ethyl adjacent to an activating group) is 1. The summed E-state index contributed by atoms with van der Waals surface area (Å²) in [5.74, 6) is 1.83. The Kier molecular flexibility index (Phi) is 14.0. The molecule has 2 heterocycles. The van der Waals surface area contributed by atoms with E-state index in [4.69, 9.17) is 9.98 Å². The fourth-order valence-electron chi connectivity index (χ4n) is 5.00. The zero-order valence-corrected chi connectivity index (χ0v) is 25.9. The van der Waals surface area contributed by atoms with Gasteiger partial charge in [0.2, 0.25) is 0 Å². The Balaban J connectivity index is 2.45. The molecule has 1 fully saturated rings. The third-order valence-electron chi connectivity index (χ3n) is 7.95. The highest BCUT2D eigenvalue weighted by molar-refractivity contribution is 6.13. The molecule has 38 heavy (non-hydrogen) atoms. The monoisotopic (exact) mass is 521 g/mol. The maximum atomic E-state index is 4.92. The minimum Gasteiger partial charge on any atom is -0.344 e. The van der Waals surface area contributed by atoms with Gasteiger partial charge < -0.3 is 10.2 Å². The number of nitrogens with one attached hydrogen (secondary N) is 1. The van der Waals surface area contributed by atoms with Crippen LogP contribution in [-0.4, -0.2) is 67.3 Å². The van der Waals surface area contributed by atoms with E-state index in [1.165, 1.54) is 28.0 Å². The van der Waals surface area contributed by atoms with Crippen molar-refractivity contribution in [1.82, 2.24) is 14.8 Å². The summed E-state index contributed by atoms with van der Waals surface area (Å²) in [5.41, 5.74) is 7.54. The Morgan fingerprint density at radius 3 is 2.37 bits per heavy atom. The highest BCUT2D eigenvalue weighted by Crippen LogP contribution is 2.29. The molecule has 1 N–H and O–H groups in total. The van der Waals surface area contributed by atoms with Gasteiger partial charge in [0.25, 0.3) is 0 Å². The van der Waals surface area contributed by atoms with Gasteiger partial charge in [-0.25, -0.2) is 4.98 Å². The molecule has 1 aliphatic rings. The maximum absolute atomic E-state index is 4.92. The van der Waals surface area contributed by atoms with Crippen molar-refractivity contribution in [3.63, 3.8) is 0 Å². The van der Waals surface area contributed by atoms with Crippen LogP contribution in [0.4, 0.5) is 5.82 Å². The maximum Gasteiger partial charge on any atom is 0.130 e. The fourth-order valence-corrected chi connectivity index (χ4v) is 5.00. The Hall–Kier alpha value is -2.24. The molecular weight excluding hydrogens is 466 g/mol. The van der Waals surface area contributed by atoms with E-state index in [-0.39, 0.29) is 0 Å². The van der Waals surface area contributed by atoms with Gasteiger partial charge in [0, 0.05) is 57.2 Å². The standard InChI is InChI=1S/C33H55N5/c1-10-15-28(21-27(14-5)24-38-19-17-37(9)18-20-38)33(34-8)30-23-35-32(22-29(30)25(6)12-3)36-31(16-11-2)26(7)13-4/h14,16,21-23,25-26H,10-13,15,17-20,24H2,1-9H3,(H,35,36)/b27-14+,28-21+,31-16+,34-33?. The van der Waals surface area contributed by atoms with Crippen LogP contribution in [0.5, 0.6) is 0 Å². The summed E-state index contributed by atoms with van der Waals surface area (Å²) in [6.45, 7) is 21.3. The molecule has 1 aromatic rings. The van der Waals surface area contributed by atoms with Crippen LogP contribution in [0, 0.1) is 5.92 Å². The molecule has 2 rings (SSSR count). The van der Waals surface area contributed by atoms with Crippen LogP contribution in [-0.2, 0) is 0 Å². The average molecular weight is 522 g/mol. The second-order valence-corrected chi connectivity index (χ2v) is 10.9. The second kappa shape index (κ2) is 16.7. The van der Waals surface area contributed by atoms with Gasteiger partial charge in [-0.3, -0.25) is 9.89 Å². The molecule has 2 atom stereocenters. The lowest BCUT2D eigenvalue weighted by Gasteiger charge is -2.32. The molecule has 0 spiro atoms. The minimum absolute atomic E-state index is 0.418. The van der Waals surface area contributed by atoms with Crippen LogP contribution < -0.4 is 5.32 Å². The van der Waals surface area contributed by atoms with Crippen LogP contribution >= 0.6 is 0 Å². The number of aliphatic imine (C=N–C) groups is 1. The molecule has 2 unspecified atom stereocenters. The van der Waals surface area contributed by atoms with Gasteiger partial charge >= 0.3 is 0 Å². The quantitative estimate of drug-likeness (QED) is 0.201. The van der Waals surface area contributed by atoms with Crippen LogP contribution in [0.3, 0.4) is 0 Å². The van der Waals surface area contributed by atoms with Crippen molar-refractivity contribution in [2.24, 2.45) is 10.9 Å². The number of anilines is 1. The SMILES string of the molecule is C/C=C(\C=C(/CCC)C(=NC)c1cnc(N/C(=C/CC)C(C)CC)cc1C(C)CC)CN1CCN(C)CC1. The van der Waals surface area contributed by atoms with Gasteiger partial charge in [0.15, 0.2) is 0 Å². The van der Waals surface area contributed by atoms with Crippen molar-refractivity contribution in [3.05, 3.63) is 58.5 Å². The molecule has 0 aromatic carbocycles. The van der Waals surface area contributed by atoms with Crippen LogP contribution in [0.25, 0.3) is 0 Å². The number of aromatic nitrogens is 1. The fraction of sp³-hybridized carbons (Fsp3) is 0.636. The first-order valence-corrected chi connectivity index (χ1v) is 15.0. The van der Waals surface area contributed by atoms with Gasteiger partial charge in [-0.05, 0) is 74.3 Å². The summed E-state index contributed by atoms with van der Waals surface area (Å²) in [4.78, 5) is 14.8. The number of piperazine rings is 1. The summed E-state index contributed by atoms with van der Waals surface area (Å²) in [7, 11) is 4.15. The Morgan fingerprint density at radius 1 is 1.11 bits per heavy atom. The third kappa shape index (κ3) is 9.20. The largest absolute Gasteiger partial charge is 0.344 e. The third-order valence-corrected chi connectivity index (χ3v) is 7.95. The number of hydrogen-bond donors (Lipinski definition) is 1. The lowest BCUT2D eigenvalue weighted by molar-refractivity contribution is 0.164. The molecule has 0 aliphatic carbocycles. The smallest absolute Gasteiger partial charge is 0.130 e. The predicted molar refractivity (Wildman–Crippen MR) is 168 cm³/mol. The van der Waals surface area contributed by atoms with Crippen molar-refractivity contribution in [3.8, 4) is 0 Å². The molecule has 5 nitrogen and oxygen atoms in total. The molecule has 1 aliphatic heterocycles. The normalized spacial score (nSPS) is 18.6. The molecule has 0 radical (unpaired) electrons. The molecule has 0 bridgehead atoms. The molecule has 5 heteroatoms. The molecule has 0 amide bonds. The van der Waals surface area contributed by atoms with Crippen molar-refractivity contribution in [2.45, 2.75) is 86.5 Å². The van der Waals surface area contributed by atoms with Gasteiger partial charge in [-0.15, -0.1) is 0 Å². The first-order chi connectivity index (χ1) is 18.3. The van der Waals surface area contributed by atoms with Crippen LogP contribution in [0.1, 0.15) is 97.6 Å². The molecule has 0 saturated carbocycles. The highest BCUT2D eigenvalue weighted by atomic mass is 15.2. The summed E-state index contributed by atoms with van der Waals surface area (Å²) in [6, 6.07) is 2.27. The Labute approximate surface area is 234 Å². The second-order valence-electron chi connectivity index (χ2n) is 10.9. The minimum atomic E-state index is 0.418. The van der Waals surface area contributed by atoms with E-state index < -0.39 is 0 Å². The topological polar surface area (TPSA) is 43.8 Å². The zero-order valence-electron chi connectivity index (χ0n) is 25.9. The lowest BCUT2D eigenvalue weighted by Crippen LogP contribution is -2.44. The lowest BCUT2D eigenvalue weighted by atomic mass is 9.88. The van der Waals surface area contributed by atoms with Crippen LogP contribution in [0.15, 0.2) is 52.3 Å². The number of pyridine rings is 1. The van der Waals surface area contributed by atoms with Gasteiger partial charge in [-0.1, -0.05) is 66.2 Å². The number of nitrogens with zero attached hydrogens (tertiary/aromatic N) is 4. The Morgan fingerprint density at radius 2 is 1.82 bits per heavy atom. The molecule has 1 saturated heterocycles. The van der Waals surface area contributed by atoms with E-state index in [0.717, 1.165) is 76.4 Å². The highest BCUT2D eigenvalue weighted by Gasteiger charge is 2.20. The summed E-state index contributed by atoms with van der Waals surface area (Å²) < 4.78 is 0. The molecule has 1 aromatic heterocycles. The number of rotatable bonds is 14. The first kappa shape index (κ1) is 32.0. The van der Waals surface area contributed by atoms with Crippen molar-refractivity contribution in [2.75, 3.05) is 52.1 Å². The van der Waals surface area contributed by atoms with Gasteiger partial charge in [0.1, 0.15) is 5.82 Å². The molecule has 212 valence electrons. The number of hydrogen-bond acceptors (Lipinski definition) is 5. The zero-order chi connectivity index (χ0) is 28.1. The van der Waals surface area contributed by atoms with Crippen molar-refractivity contribution < 1.29 is 0 Å². The average Bonchev–Trinajstić information content (AvgIpc) is 2.93. The van der Waals surface area contributed by atoms with E-state index in [1.54, 1.807) is 0 Å². The van der Waals surface area contributed by atoms with E-state index >= 15 is 0 Å². The Bertz CT molecular complexity index is 979. The summed E-state index contributed by atoms with van der Waals surface area (Å²) >= 11 is 0. The van der Waals surface area contributed by atoms with Gasteiger partial charge in [0.05, 0.1) is 5.71 Å². The number of allylic oxidation sites excluding steroid dienone is 4. The predicted octanol–water partition coefficient (Wildman–Crippen LogP) is 7.69. The summed E-state index contributed by atoms with van der Waals surface area (Å²) in [6.07, 6.45) is 14.3. The van der Waals surface area contributed by atoms with Crippen LogP contribution in [0.2, 0.25) is 0 Å². The van der Waals surface area contributed by atoms with E-state index in [0.29, 0.717) is 11.8 Å². The van der Waals surface area contributed by atoms with E-state index in [2.05, 4.69) is 101 Å². The van der Waals surface area contributed by atoms with E-state index in [9.17, 15) is 0 Å². The first-order valence-electron chi connectivity index (χ1n) is 15.0. The van der Waals surface area contributed by atoms with Crippen molar-refractivity contribution in [1.29, 1.82) is 0 Å².